The van der Waals surface area contributed by atoms with Gasteiger partial charge in [0.15, 0.2) is 0 Å². The summed E-state index contributed by atoms with van der Waals surface area (Å²) in [4.78, 5) is 15.5. The maximum Gasteiger partial charge on any atom is 0.305 e. The monoisotopic (exact) mass is 470 g/mol. The summed E-state index contributed by atoms with van der Waals surface area (Å²) in [5.74, 6) is 1.33. The minimum absolute atomic E-state index is 0.0161. The lowest BCUT2D eigenvalue weighted by Crippen LogP contribution is -2.50. The number of carbonyl (C=O) groups is 1. The van der Waals surface area contributed by atoms with Gasteiger partial charge in [-0.2, -0.15) is 0 Å². The predicted octanol–water partition coefficient (Wildman–Crippen LogP) is 5.06. The second-order valence-electron chi connectivity index (χ2n) is 10.00. The van der Waals surface area contributed by atoms with Crippen LogP contribution < -0.4 is 19.3 Å². The van der Waals surface area contributed by atoms with Crippen LogP contribution in [0.3, 0.4) is 0 Å². The smallest absolute Gasteiger partial charge is 0.305 e. The van der Waals surface area contributed by atoms with Crippen molar-refractivity contribution in [2.24, 2.45) is 17.8 Å². The number of nitrogens with zero attached hydrogens (tertiary/aromatic N) is 2. The highest BCUT2D eigenvalue weighted by molar-refractivity contribution is 5.69. The quantitative estimate of drug-likeness (QED) is 0.610. The first-order valence-corrected chi connectivity index (χ1v) is 12.1. The van der Waals surface area contributed by atoms with Crippen molar-refractivity contribution in [3.63, 3.8) is 0 Å². The molecule has 0 unspecified atom stereocenters. The molecule has 0 aromatic heterocycles. The van der Waals surface area contributed by atoms with Crippen molar-refractivity contribution in [3.05, 3.63) is 48.3 Å². The molecule has 2 saturated heterocycles. The molecule has 0 radical (unpaired) electrons. The lowest BCUT2D eigenvalue weighted by Gasteiger charge is -2.42. The zero-order valence-corrected chi connectivity index (χ0v) is 20.4. The Morgan fingerprint density at radius 1 is 1.03 bits per heavy atom. The van der Waals surface area contributed by atoms with E-state index in [1.54, 1.807) is 19.2 Å². The average molecular weight is 471 g/mol. The molecule has 2 fully saturated rings. The van der Waals surface area contributed by atoms with Gasteiger partial charge in [0.25, 0.3) is 0 Å². The van der Waals surface area contributed by atoms with Crippen molar-refractivity contribution in [2.75, 3.05) is 36.5 Å². The number of aliphatic carboxylic acids is 1. The third-order valence-corrected chi connectivity index (χ3v) is 7.11. The number of hydrogen-bond acceptors (Lipinski definition) is 5. The molecule has 6 nitrogen and oxygen atoms in total. The molecule has 5 atom stereocenters. The summed E-state index contributed by atoms with van der Waals surface area (Å²) in [6, 6.07) is 12.9. The summed E-state index contributed by atoms with van der Waals surface area (Å²) in [6.07, 6.45) is 1.07. The topological polar surface area (TPSA) is 62.2 Å². The molecular weight excluding hydrogens is 435 g/mol. The summed E-state index contributed by atoms with van der Waals surface area (Å²) in [5.41, 5.74) is 1.60. The molecule has 34 heavy (non-hydrogen) atoms. The van der Waals surface area contributed by atoms with Crippen molar-refractivity contribution in [2.45, 2.75) is 45.8 Å². The van der Waals surface area contributed by atoms with Gasteiger partial charge in [-0.3, -0.25) is 4.79 Å². The van der Waals surface area contributed by atoms with Crippen molar-refractivity contribution in [1.82, 2.24) is 0 Å². The van der Waals surface area contributed by atoms with Crippen molar-refractivity contribution >= 4 is 17.3 Å². The molecule has 0 aliphatic carbocycles. The summed E-state index contributed by atoms with van der Waals surface area (Å²) in [7, 11) is 1.59. The van der Waals surface area contributed by atoms with E-state index in [0.717, 1.165) is 24.4 Å². The van der Waals surface area contributed by atoms with Crippen LogP contribution in [0.2, 0.25) is 0 Å². The van der Waals surface area contributed by atoms with Crippen LogP contribution in [-0.4, -0.2) is 50.0 Å². The number of carboxylic acids is 1. The van der Waals surface area contributed by atoms with E-state index in [2.05, 4.69) is 30.6 Å². The van der Waals surface area contributed by atoms with E-state index in [0.29, 0.717) is 30.4 Å². The van der Waals surface area contributed by atoms with Gasteiger partial charge in [0, 0.05) is 49.3 Å². The Labute approximate surface area is 201 Å². The standard InChI is InChI=1S/C27H35FN2O4/c1-17-11-21(12-26(31)32)30(14-17)20-5-7-22(8-6-20)34-27-18(2)15-29(16-19(27)3)25-13-23(33-4)9-10-24(25)28/h5-10,13,17-19,21,27H,11-12,14-16H2,1-4H3,(H,31,32)/t17-,18-,19+,21-,27+/m1/s1. The largest absolute Gasteiger partial charge is 0.497 e. The third-order valence-electron chi connectivity index (χ3n) is 7.11. The van der Waals surface area contributed by atoms with Crippen LogP contribution in [-0.2, 0) is 4.79 Å². The van der Waals surface area contributed by atoms with Gasteiger partial charge in [-0.25, -0.2) is 4.39 Å². The van der Waals surface area contributed by atoms with E-state index in [1.807, 2.05) is 24.3 Å². The molecule has 0 bridgehead atoms. The van der Waals surface area contributed by atoms with Crippen LogP contribution in [0.25, 0.3) is 0 Å². The summed E-state index contributed by atoms with van der Waals surface area (Å²) >= 11 is 0. The second kappa shape index (κ2) is 10.1. The molecule has 0 amide bonds. The molecule has 2 aliphatic rings. The number of anilines is 2. The molecule has 2 aromatic carbocycles. The van der Waals surface area contributed by atoms with E-state index in [4.69, 9.17) is 9.47 Å². The fourth-order valence-corrected chi connectivity index (χ4v) is 5.56. The highest BCUT2D eigenvalue weighted by Crippen LogP contribution is 2.35. The van der Waals surface area contributed by atoms with Crippen molar-refractivity contribution < 1.29 is 23.8 Å². The van der Waals surface area contributed by atoms with E-state index >= 15 is 0 Å². The van der Waals surface area contributed by atoms with E-state index in [-0.39, 0.29) is 36.2 Å². The Hall–Kier alpha value is -2.96. The molecule has 0 spiro atoms. The summed E-state index contributed by atoms with van der Waals surface area (Å²) in [5, 5.41) is 9.26. The average Bonchev–Trinajstić information content (AvgIpc) is 3.16. The number of benzene rings is 2. The second-order valence-corrected chi connectivity index (χ2v) is 10.00. The van der Waals surface area contributed by atoms with Crippen LogP contribution in [0.4, 0.5) is 15.8 Å². The van der Waals surface area contributed by atoms with Gasteiger partial charge < -0.3 is 24.4 Å². The first-order valence-electron chi connectivity index (χ1n) is 12.1. The maximum absolute atomic E-state index is 14.5. The SMILES string of the molecule is COc1ccc(F)c(N2C[C@@H](C)[C@H](Oc3ccc(N4C[C@H](C)C[C@@H]4CC(=O)O)cc3)[C@@H](C)C2)c1. The highest BCUT2D eigenvalue weighted by Gasteiger charge is 2.35. The summed E-state index contributed by atoms with van der Waals surface area (Å²) < 4.78 is 26.2. The number of ether oxygens (including phenoxy) is 2. The van der Waals surface area contributed by atoms with E-state index in [1.165, 1.54) is 6.07 Å². The minimum Gasteiger partial charge on any atom is -0.497 e. The number of methoxy groups -OCH3 is 1. The molecular formula is C27H35FN2O4. The Kier molecular flexibility index (Phi) is 7.19. The van der Waals surface area contributed by atoms with Gasteiger partial charge >= 0.3 is 5.97 Å². The lowest BCUT2D eigenvalue weighted by molar-refractivity contribution is -0.137. The van der Waals surface area contributed by atoms with Gasteiger partial charge in [-0.1, -0.05) is 20.8 Å². The van der Waals surface area contributed by atoms with E-state index < -0.39 is 5.97 Å². The zero-order chi connectivity index (χ0) is 24.4. The third kappa shape index (κ3) is 5.24. The van der Waals surface area contributed by atoms with Gasteiger partial charge in [0.1, 0.15) is 23.4 Å². The molecule has 2 aliphatic heterocycles. The van der Waals surface area contributed by atoms with Gasteiger partial charge in [-0.15, -0.1) is 0 Å². The fraction of sp³-hybridized carbons (Fsp3) is 0.519. The van der Waals surface area contributed by atoms with Crippen LogP contribution in [0.5, 0.6) is 11.5 Å². The molecule has 2 aromatic rings. The maximum atomic E-state index is 14.5. The minimum atomic E-state index is -0.757. The first kappa shape index (κ1) is 24.2. The molecule has 184 valence electrons. The molecule has 2 heterocycles. The van der Waals surface area contributed by atoms with E-state index in [9.17, 15) is 14.3 Å². The summed E-state index contributed by atoms with van der Waals surface area (Å²) in [6.45, 7) is 8.70. The van der Waals surface area contributed by atoms with Crippen molar-refractivity contribution in [3.8, 4) is 11.5 Å². The number of hydrogen-bond donors (Lipinski definition) is 1. The number of rotatable bonds is 7. The molecule has 7 heteroatoms. The predicted molar refractivity (Wildman–Crippen MR) is 132 cm³/mol. The highest BCUT2D eigenvalue weighted by atomic mass is 19.1. The molecule has 1 N–H and O–H groups in total. The Balaban J connectivity index is 1.42. The van der Waals surface area contributed by atoms with Crippen LogP contribution in [0, 0.1) is 23.6 Å². The first-order chi connectivity index (χ1) is 16.2. The Morgan fingerprint density at radius 2 is 1.68 bits per heavy atom. The van der Waals surface area contributed by atoms with Gasteiger partial charge in [0.05, 0.1) is 19.2 Å². The zero-order valence-electron chi connectivity index (χ0n) is 20.4. The number of carboxylic acid groups (broad SMARTS) is 1. The Bertz CT molecular complexity index is 987. The normalized spacial score (nSPS) is 27.0. The molecule has 0 saturated carbocycles. The Morgan fingerprint density at radius 3 is 2.29 bits per heavy atom. The number of halogens is 1. The van der Waals surface area contributed by atoms with Crippen LogP contribution in [0.1, 0.15) is 33.6 Å². The van der Waals surface area contributed by atoms with Crippen LogP contribution in [0.15, 0.2) is 42.5 Å². The lowest BCUT2D eigenvalue weighted by atomic mass is 9.87. The molecule has 4 rings (SSSR count). The van der Waals surface area contributed by atoms with Crippen molar-refractivity contribution in [1.29, 1.82) is 0 Å². The number of piperidine rings is 1. The van der Waals surface area contributed by atoms with Gasteiger partial charge in [0.2, 0.25) is 0 Å². The fourth-order valence-electron chi connectivity index (χ4n) is 5.56. The van der Waals surface area contributed by atoms with Gasteiger partial charge in [-0.05, 0) is 48.7 Å². The van der Waals surface area contributed by atoms with Crippen LogP contribution >= 0.6 is 0 Å².